The Balaban J connectivity index is 1.43. The molecule has 0 aliphatic carbocycles. The highest BCUT2D eigenvalue weighted by atomic mass is 16.5. The van der Waals surface area contributed by atoms with E-state index in [1.807, 2.05) is 24.3 Å². The van der Waals surface area contributed by atoms with Crippen molar-refractivity contribution in [1.29, 1.82) is 0 Å². The summed E-state index contributed by atoms with van der Waals surface area (Å²) in [6, 6.07) is 28.5. The molecule has 9 nitrogen and oxygen atoms in total. The summed E-state index contributed by atoms with van der Waals surface area (Å²) < 4.78 is 10.3. The number of ether oxygens (including phenoxy) is 2. The van der Waals surface area contributed by atoms with Gasteiger partial charge in [-0.3, -0.25) is 9.59 Å². The zero-order valence-electron chi connectivity index (χ0n) is 21.4. The van der Waals surface area contributed by atoms with Crippen LogP contribution < -0.4 is 25.6 Å². The summed E-state index contributed by atoms with van der Waals surface area (Å²) in [7, 11) is 3.19. The Bertz CT molecular complexity index is 1370. The second-order valence-electron chi connectivity index (χ2n) is 8.16. The van der Waals surface area contributed by atoms with E-state index >= 15 is 0 Å². The normalized spacial score (nSPS) is 10.8. The molecule has 0 saturated carbocycles. The van der Waals surface area contributed by atoms with Gasteiger partial charge in [0.1, 0.15) is 11.5 Å². The predicted octanol–water partition coefficient (Wildman–Crippen LogP) is 4.98. The second kappa shape index (κ2) is 13.2. The summed E-state index contributed by atoms with van der Waals surface area (Å²) in [6.45, 7) is 0. The van der Waals surface area contributed by atoms with E-state index < -0.39 is 11.8 Å². The second-order valence-corrected chi connectivity index (χ2v) is 8.16. The van der Waals surface area contributed by atoms with Gasteiger partial charge in [-0.2, -0.15) is 10.2 Å². The molecule has 0 saturated heterocycles. The van der Waals surface area contributed by atoms with Crippen molar-refractivity contribution in [1.82, 2.24) is 10.9 Å². The fourth-order valence-corrected chi connectivity index (χ4v) is 3.56. The lowest BCUT2D eigenvalue weighted by Crippen LogP contribution is -2.20. The molecule has 0 atom stereocenters. The van der Waals surface area contributed by atoms with Crippen LogP contribution in [0.4, 0.5) is 11.4 Å². The number of methoxy groups -OCH3 is 2. The van der Waals surface area contributed by atoms with Crippen molar-refractivity contribution in [2.75, 3.05) is 19.5 Å². The fourth-order valence-electron chi connectivity index (χ4n) is 3.56. The van der Waals surface area contributed by atoms with Crippen LogP contribution in [-0.2, 0) is 0 Å². The van der Waals surface area contributed by atoms with Crippen molar-refractivity contribution >= 4 is 35.6 Å². The number of anilines is 2. The van der Waals surface area contributed by atoms with E-state index in [0.29, 0.717) is 22.5 Å². The molecular weight excluding hydrogens is 494 g/mol. The van der Waals surface area contributed by atoms with Crippen LogP contribution in [0.2, 0.25) is 0 Å². The number of hydrazone groups is 2. The highest BCUT2D eigenvalue weighted by molar-refractivity contribution is 6.03. The minimum absolute atomic E-state index is 0.358. The maximum absolute atomic E-state index is 12.9. The van der Waals surface area contributed by atoms with Crippen LogP contribution in [0.15, 0.2) is 107 Å². The van der Waals surface area contributed by atoms with E-state index in [2.05, 4.69) is 26.4 Å². The molecule has 0 aromatic heterocycles. The van der Waals surface area contributed by atoms with Crippen molar-refractivity contribution in [3.63, 3.8) is 0 Å². The summed E-state index contributed by atoms with van der Waals surface area (Å²) >= 11 is 0. The van der Waals surface area contributed by atoms with E-state index in [1.165, 1.54) is 0 Å². The average Bonchev–Trinajstić information content (AvgIpc) is 2.98. The third-order valence-corrected chi connectivity index (χ3v) is 5.60. The lowest BCUT2D eigenvalue weighted by Gasteiger charge is -2.14. The topological polar surface area (TPSA) is 113 Å². The number of nitrogens with one attached hydrogen (secondary N) is 3. The van der Waals surface area contributed by atoms with Crippen molar-refractivity contribution < 1.29 is 19.1 Å². The Hall–Kier alpha value is -5.44. The molecular formula is C30H27N5O4. The molecule has 0 aliphatic heterocycles. The molecule has 0 heterocycles. The first kappa shape index (κ1) is 26.6. The Labute approximate surface area is 226 Å². The molecule has 0 radical (unpaired) electrons. The molecule has 4 aromatic carbocycles. The van der Waals surface area contributed by atoms with Crippen LogP contribution in [0.25, 0.3) is 0 Å². The number of carbonyl (C=O) groups is 2. The molecule has 4 rings (SSSR count). The number of benzene rings is 4. The van der Waals surface area contributed by atoms with Gasteiger partial charge >= 0.3 is 0 Å². The molecule has 2 amide bonds. The van der Waals surface area contributed by atoms with Crippen molar-refractivity contribution in [2.45, 2.75) is 0 Å². The molecule has 196 valence electrons. The summed E-state index contributed by atoms with van der Waals surface area (Å²) in [4.78, 5) is 25.8. The van der Waals surface area contributed by atoms with Gasteiger partial charge in [0, 0.05) is 0 Å². The molecule has 3 N–H and O–H groups in total. The first-order valence-electron chi connectivity index (χ1n) is 12.0. The van der Waals surface area contributed by atoms with Gasteiger partial charge < -0.3 is 14.8 Å². The van der Waals surface area contributed by atoms with Gasteiger partial charge in [-0.25, -0.2) is 10.9 Å². The van der Waals surface area contributed by atoms with Crippen LogP contribution >= 0.6 is 0 Å². The first-order chi connectivity index (χ1) is 19.1. The fraction of sp³-hybridized carbons (Fsp3) is 0.0667. The minimum Gasteiger partial charge on any atom is -0.497 e. The summed E-state index contributed by atoms with van der Waals surface area (Å²) in [5, 5.41) is 11.3. The van der Waals surface area contributed by atoms with Crippen molar-refractivity contribution in [2.24, 2.45) is 10.2 Å². The zero-order valence-corrected chi connectivity index (χ0v) is 21.4. The molecule has 0 bridgehead atoms. The largest absolute Gasteiger partial charge is 0.497 e. The highest BCUT2D eigenvalue weighted by Crippen LogP contribution is 2.24. The molecule has 0 aliphatic rings. The number of hydrogen-bond donors (Lipinski definition) is 3. The van der Waals surface area contributed by atoms with E-state index in [0.717, 1.165) is 22.6 Å². The molecule has 4 aromatic rings. The molecule has 0 spiro atoms. The monoisotopic (exact) mass is 521 g/mol. The highest BCUT2D eigenvalue weighted by Gasteiger charge is 2.14. The Morgan fingerprint density at radius 1 is 0.590 bits per heavy atom. The third-order valence-electron chi connectivity index (χ3n) is 5.60. The SMILES string of the molecule is COc1ccc(/C=N/NC(=O)c2ccccc2Nc2ccccc2C(=O)N/N=C/c2ccc(OC)cc2)cc1. The number of amides is 2. The Kier molecular flexibility index (Phi) is 9.01. The maximum atomic E-state index is 12.9. The molecule has 39 heavy (non-hydrogen) atoms. The quantitative estimate of drug-likeness (QED) is 0.201. The molecule has 9 heteroatoms. The summed E-state index contributed by atoms with van der Waals surface area (Å²) in [5.74, 6) is 0.645. The zero-order chi connectivity index (χ0) is 27.5. The van der Waals surface area contributed by atoms with Crippen LogP contribution in [-0.4, -0.2) is 38.5 Å². The maximum Gasteiger partial charge on any atom is 0.273 e. The standard InChI is InChI=1S/C30H27N5O4/c1-38-23-15-11-21(12-16-23)19-31-34-29(36)25-7-3-5-9-27(25)33-28-10-6-4-8-26(28)30(37)35-32-20-22-13-17-24(39-2)18-14-22/h3-20,33H,1-2H3,(H,34,36)(H,35,37)/b31-19+,32-20+. The molecule has 0 unspecified atom stereocenters. The van der Waals surface area contributed by atoms with Gasteiger partial charge in [0.25, 0.3) is 11.8 Å². The average molecular weight is 522 g/mol. The van der Waals surface area contributed by atoms with Gasteiger partial charge in [0.2, 0.25) is 0 Å². The van der Waals surface area contributed by atoms with E-state index in [-0.39, 0.29) is 0 Å². The van der Waals surface area contributed by atoms with E-state index in [1.54, 1.807) is 99.4 Å². The van der Waals surface area contributed by atoms with Crippen molar-refractivity contribution in [3.8, 4) is 11.5 Å². The third kappa shape index (κ3) is 7.30. The van der Waals surface area contributed by atoms with Crippen LogP contribution in [0.5, 0.6) is 11.5 Å². The van der Waals surface area contributed by atoms with Gasteiger partial charge in [-0.1, -0.05) is 24.3 Å². The van der Waals surface area contributed by atoms with Gasteiger partial charge in [0.15, 0.2) is 0 Å². The number of nitrogens with zero attached hydrogens (tertiary/aromatic N) is 2. The predicted molar refractivity (Wildman–Crippen MR) is 152 cm³/mol. The summed E-state index contributed by atoms with van der Waals surface area (Å²) in [6.07, 6.45) is 3.08. The van der Waals surface area contributed by atoms with Gasteiger partial charge in [0.05, 0.1) is 49.2 Å². The number of rotatable bonds is 10. The van der Waals surface area contributed by atoms with Gasteiger partial charge in [-0.15, -0.1) is 0 Å². The summed E-state index contributed by atoms with van der Waals surface area (Å²) in [5.41, 5.74) is 8.43. The van der Waals surface area contributed by atoms with Crippen LogP contribution in [0.1, 0.15) is 31.8 Å². The number of para-hydroxylation sites is 2. The lowest BCUT2D eigenvalue weighted by atomic mass is 10.1. The van der Waals surface area contributed by atoms with E-state index in [9.17, 15) is 9.59 Å². The number of hydrogen-bond acceptors (Lipinski definition) is 7. The Morgan fingerprint density at radius 2 is 0.974 bits per heavy atom. The van der Waals surface area contributed by atoms with Crippen LogP contribution in [0.3, 0.4) is 0 Å². The van der Waals surface area contributed by atoms with Crippen LogP contribution in [0, 0.1) is 0 Å². The minimum atomic E-state index is -0.408. The Morgan fingerprint density at radius 3 is 1.36 bits per heavy atom. The lowest BCUT2D eigenvalue weighted by molar-refractivity contribution is 0.0948. The molecule has 0 fully saturated rings. The smallest absolute Gasteiger partial charge is 0.273 e. The van der Waals surface area contributed by atoms with Crippen molar-refractivity contribution in [3.05, 3.63) is 119 Å². The first-order valence-corrected chi connectivity index (χ1v) is 12.0. The van der Waals surface area contributed by atoms with E-state index in [4.69, 9.17) is 9.47 Å². The van der Waals surface area contributed by atoms with Gasteiger partial charge in [-0.05, 0) is 83.9 Å². The number of carbonyl (C=O) groups excluding carboxylic acids is 2.